The molecule has 15 heavy (non-hydrogen) atoms. The van der Waals surface area contributed by atoms with Crippen molar-refractivity contribution >= 4 is 18.1 Å². The molecule has 1 amide bonds. The Hall–Kier alpha value is -1.59. The van der Waals surface area contributed by atoms with Crippen LogP contribution in [-0.2, 0) is 4.74 Å². The Bertz CT molecular complexity index is 257. The number of rotatable bonds is 3. The van der Waals surface area contributed by atoms with E-state index in [1.807, 2.05) is 0 Å². The largest absolute Gasteiger partial charge is 0.444 e. The zero-order chi connectivity index (χ0) is 12.1. The summed E-state index contributed by atoms with van der Waals surface area (Å²) in [5, 5.41) is 19.0. The van der Waals surface area contributed by atoms with E-state index in [2.05, 4.69) is 10.6 Å². The number of amidine groups is 1. The molecule has 0 aliphatic heterocycles. The normalized spacial score (nSPS) is 12.5. The first-order valence-electron chi connectivity index (χ1n) is 4.59. The molecule has 1 unspecified atom stereocenters. The van der Waals surface area contributed by atoms with Gasteiger partial charge >= 0.3 is 6.09 Å². The minimum Gasteiger partial charge on any atom is -0.444 e. The summed E-state index contributed by atoms with van der Waals surface area (Å²) in [5.41, 5.74) is -0.543. The van der Waals surface area contributed by atoms with Crippen molar-refractivity contribution in [3.05, 3.63) is 0 Å². The topological polar surface area (TPSA) is 98.1 Å². The highest BCUT2D eigenvalue weighted by Crippen LogP contribution is 2.06. The Labute approximate surface area is 89.4 Å². The molecule has 6 nitrogen and oxygen atoms in total. The third kappa shape index (κ3) is 7.48. The quantitative estimate of drug-likeness (QED) is 0.321. The highest BCUT2D eigenvalue weighted by molar-refractivity contribution is 6.26. The van der Waals surface area contributed by atoms with Crippen molar-refractivity contribution in [1.82, 2.24) is 10.6 Å². The number of hydrogen-bond donors (Lipinski definition) is 4. The van der Waals surface area contributed by atoms with E-state index in [4.69, 9.17) is 15.6 Å². The van der Waals surface area contributed by atoms with E-state index in [1.165, 1.54) is 0 Å². The second-order valence-electron chi connectivity index (χ2n) is 4.07. The van der Waals surface area contributed by atoms with Crippen molar-refractivity contribution in [3.63, 3.8) is 0 Å². The highest BCUT2D eigenvalue weighted by Gasteiger charge is 2.17. The lowest BCUT2D eigenvalue weighted by molar-refractivity contribution is 0.0505. The van der Waals surface area contributed by atoms with E-state index in [1.54, 1.807) is 27.7 Å². The molecule has 0 aromatic heterocycles. The molecular weight excluding hydrogens is 196 g/mol. The van der Waals surface area contributed by atoms with Crippen molar-refractivity contribution in [1.29, 1.82) is 10.8 Å². The molecule has 0 aliphatic carbocycles. The van der Waals surface area contributed by atoms with Crippen LogP contribution in [0.15, 0.2) is 0 Å². The third-order valence-electron chi connectivity index (χ3n) is 1.25. The average molecular weight is 214 g/mol. The van der Waals surface area contributed by atoms with Crippen LogP contribution in [-0.4, -0.2) is 29.9 Å². The Morgan fingerprint density at radius 2 is 1.93 bits per heavy atom. The summed E-state index contributed by atoms with van der Waals surface area (Å²) in [4.78, 5) is 11.2. The van der Waals surface area contributed by atoms with Crippen LogP contribution >= 0.6 is 0 Å². The van der Waals surface area contributed by atoms with E-state index in [-0.39, 0.29) is 5.84 Å². The Morgan fingerprint density at radius 3 is 2.33 bits per heavy atom. The molecule has 0 saturated heterocycles. The lowest BCUT2D eigenvalue weighted by Crippen LogP contribution is -2.47. The summed E-state index contributed by atoms with van der Waals surface area (Å²) in [6, 6.07) is 0. The van der Waals surface area contributed by atoms with Crippen LogP contribution in [0.4, 0.5) is 4.79 Å². The van der Waals surface area contributed by atoms with Crippen LogP contribution in [0, 0.1) is 10.8 Å². The predicted octanol–water partition coefficient (Wildman–Crippen LogP) is 1.07. The van der Waals surface area contributed by atoms with Gasteiger partial charge in [0.2, 0.25) is 0 Å². The number of alkyl carbamates (subject to hydrolysis) is 1. The second-order valence-corrected chi connectivity index (χ2v) is 4.07. The first-order valence-corrected chi connectivity index (χ1v) is 4.59. The van der Waals surface area contributed by atoms with Crippen molar-refractivity contribution < 1.29 is 9.53 Å². The minimum absolute atomic E-state index is 0.0708. The fraction of sp³-hybridized carbons (Fsp3) is 0.667. The summed E-state index contributed by atoms with van der Waals surface area (Å²) in [7, 11) is 0. The second kappa shape index (κ2) is 5.33. The van der Waals surface area contributed by atoms with Gasteiger partial charge in [-0.3, -0.25) is 5.41 Å². The van der Waals surface area contributed by atoms with Gasteiger partial charge in [0.15, 0.2) is 0 Å². The zero-order valence-electron chi connectivity index (χ0n) is 9.47. The molecule has 4 N–H and O–H groups in total. The highest BCUT2D eigenvalue weighted by atomic mass is 16.6. The zero-order valence-corrected chi connectivity index (χ0v) is 9.47. The van der Waals surface area contributed by atoms with Gasteiger partial charge < -0.3 is 20.8 Å². The molecule has 0 radical (unpaired) electrons. The SMILES string of the molecule is CC(NC(=N)C=N)NC(=O)OC(C)(C)C. The number of amides is 1. The Kier molecular flexibility index (Phi) is 4.77. The van der Waals surface area contributed by atoms with Gasteiger partial charge in [-0.2, -0.15) is 0 Å². The smallest absolute Gasteiger partial charge is 0.409 e. The van der Waals surface area contributed by atoms with Crippen LogP contribution in [0.2, 0.25) is 0 Å². The van der Waals surface area contributed by atoms with E-state index in [9.17, 15) is 4.79 Å². The van der Waals surface area contributed by atoms with Gasteiger partial charge in [0.05, 0.1) is 6.21 Å². The van der Waals surface area contributed by atoms with Gasteiger partial charge in [0, 0.05) is 0 Å². The maximum Gasteiger partial charge on any atom is 0.409 e. The average Bonchev–Trinajstić information content (AvgIpc) is 1.99. The van der Waals surface area contributed by atoms with Crippen molar-refractivity contribution in [2.24, 2.45) is 0 Å². The molecule has 1 atom stereocenters. The maximum absolute atomic E-state index is 11.2. The molecule has 0 spiro atoms. The number of nitrogens with one attached hydrogen (secondary N) is 4. The Balaban J connectivity index is 3.97. The van der Waals surface area contributed by atoms with Gasteiger partial charge in [0.25, 0.3) is 0 Å². The summed E-state index contributed by atoms with van der Waals surface area (Å²) < 4.78 is 5.01. The third-order valence-corrected chi connectivity index (χ3v) is 1.25. The van der Waals surface area contributed by atoms with E-state index in [0.717, 1.165) is 6.21 Å². The van der Waals surface area contributed by atoms with E-state index in [0.29, 0.717) is 0 Å². The monoisotopic (exact) mass is 214 g/mol. The number of carbonyl (C=O) groups is 1. The lowest BCUT2D eigenvalue weighted by atomic mass is 10.2. The summed E-state index contributed by atoms with van der Waals surface area (Å²) in [6.45, 7) is 6.96. The molecule has 0 fully saturated rings. The Morgan fingerprint density at radius 1 is 1.40 bits per heavy atom. The van der Waals surface area contributed by atoms with Crippen molar-refractivity contribution in [2.75, 3.05) is 0 Å². The number of ether oxygens (including phenoxy) is 1. The van der Waals surface area contributed by atoms with Gasteiger partial charge in [0.1, 0.15) is 17.6 Å². The van der Waals surface area contributed by atoms with Crippen LogP contribution < -0.4 is 10.6 Å². The van der Waals surface area contributed by atoms with Crippen LogP contribution in [0.5, 0.6) is 0 Å². The van der Waals surface area contributed by atoms with Gasteiger partial charge in [-0.05, 0) is 27.7 Å². The molecule has 0 bridgehead atoms. The lowest BCUT2D eigenvalue weighted by Gasteiger charge is -2.22. The fourth-order valence-electron chi connectivity index (χ4n) is 0.795. The molecular formula is C9H18N4O2. The standard InChI is InChI=1S/C9H18N4O2/c1-6(12-7(11)5-10)13-8(14)15-9(2,3)4/h5-6,10H,1-4H3,(H2,11,12)(H,13,14). The molecule has 0 aromatic rings. The van der Waals surface area contributed by atoms with Crippen LogP contribution in [0.3, 0.4) is 0 Å². The van der Waals surface area contributed by atoms with Gasteiger partial charge in [-0.25, -0.2) is 4.79 Å². The van der Waals surface area contributed by atoms with E-state index < -0.39 is 17.9 Å². The predicted molar refractivity (Wildman–Crippen MR) is 58.5 cm³/mol. The molecule has 6 heteroatoms. The summed E-state index contributed by atoms with van der Waals surface area (Å²) in [5.74, 6) is -0.0708. The molecule has 86 valence electrons. The minimum atomic E-state index is -0.555. The number of carbonyl (C=O) groups excluding carboxylic acids is 1. The van der Waals surface area contributed by atoms with Crippen molar-refractivity contribution in [2.45, 2.75) is 39.5 Å². The summed E-state index contributed by atoms with van der Waals surface area (Å²) >= 11 is 0. The van der Waals surface area contributed by atoms with Crippen LogP contribution in [0.1, 0.15) is 27.7 Å². The van der Waals surface area contributed by atoms with Crippen LogP contribution in [0.25, 0.3) is 0 Å². The molecule has 0 aromatic carbocycles. The van der Waals surface area contributed by atoms with Crippen molar-refractivity contribution in [3.8, 4) is 0 Å². The maximum atomic E-state index is 11.2. The first-order chi connectivity index (χ1) is 6.74. The van der Waals surface area contributed by atoms with Gasteiger partial charge in [-0.15, -0.1) is 0 Å². The summed E-state index contributed by atoms with van der Waals surface area (Å²) in [6.07, 6.45) is -0.151. The van der Waals surface area contributed by atoms with Gasteiger partial charge in [-0.1, -0.05) is 0 Å². The first kappa shape index (κ1) is 13.4. The molecule has 0 aliphatic rings. The molecule has 0 heterocycles. The van der Waals surface area contributed by atoms with E-state index >= 15 is 0 Å². The molecule has 0 rings (SSSR count). The molecule has 0 saturated carbocycles. The fourth-order valence-corrected chi connectivity index (χ4v) is 0.795. The number of hydrogen-bond acceptors (Lipinski definition) is 4.